The highest BCUT2D eigenvalue weighted by Crippen LogP contribution is 2.31. The molecule has 0 aliphatic heterocycles. The molecule has 7 heteroatoms. The molecule has 0 atom stereocenters. The lowest BCUT2D eigenvalue weighted by atomic mass is 10.2. The third-order valence-corrected chi connectivity index (χ3v) is 1.60. The van der Waals surface area contributed by atoms with E-state index in [0.29, 0.717) is 12.3 Å². The van der Waals surface area contributed by atoms with Gasteiger partial charge in [-0.2, -0.15) is 13.2 Å². The van der Waals surface area contributed by atoms with Crippen LogP contribution in [0.1, 0.15) is 15.9 Å². The molecule has 1 aromatic rings. The van der Waals surface area contributed by atoms with Gasteiger partial charge in [0.15, 0.2) is 0 Å². The van der Waals surface area contributed by atoms with E-state index in [9.17, 15) is 18.0 Å². The van der Waals surface area contributed by atoms with Crippen molar-refractivity contribution in [2.45, 2.75) is 6.18 Å². The summed E-state index contributed by atoms with van der Waals surface area (Å²) >= 11 is 0. The van der Waals surface area contributed by atoms with Gasteiger partial charge in [0.25, 0.3) is 0 Å². The van der Waals surface area contributed by atoms with Gasteiger partial charge < -0.3 is 9.84 Å². The molecule has 1 rings (SSSR count). The summed E-state index contributed by atoms with van der Waals surface area (Å²) in [4.78, 5) is 13.8. The van der Waals surface area contributed by atoms with Crippen LogP contribution < -0.4 is 4.74 Å². The third-order valence-electron chi connectivity index (χ3n) is 1.60. The average Bonchev–Trinajstić information content (AvgIpc) is 2.15. The number of hydrogen-bond acceptors (Lipinski definition) is 3. The molecule has 0 aliphatic rings. The molecule has 4 nitrogen and oxygen atoms in total. The Morgan fingerprint density at radius 1 is 1.53 bits per heavy atom. The first kappa shape index (κ1) is 11.3. The van der Waals surface area contributed by atoms with Crippen LogP contribution in [-0.2, 0) is 6.18 Å². The number of alkyl halides is 3. The zero-order valence-corrected chi connectivity index (χ0v) is 7.50. The summed E-state index contributed by atoms with van der Waals surface area (Å²) in [5.74, 6) is -1.87. The van der Waals surface area contributed by atoms with Crippen molar-refractivity contribution in [2.75, 3.05) is 7.11 Å². The van der Waals surface area contributed by atoms with Crippen LogP contribution in [0.4, 0.5) is 13.2 Å². The summed E-state index contributed by atoms with van der Waals surface area (Å²) in [7, 11) is 1.13. The first-order chi connectivity index (χ1) is 6.86. The van der Waals surface area contributed by atoms with Crippen LogP contribution in [0.25, 0.3) is 0 Å². The fourth-order valence-electron chi connectivity index (χ4n) is 0.923. The van der Waals surface area contributed by atoms with Crippen LogP contribution >= 0.6 is 0 Å². The zero-order chi connectivity index (χ0) is 11.6. The number of carbonyl (C=O) groups is 1. The lowest BCUT2D eigenvalue weighted by Gasteiger charge is -2.08. The van der Waals surface area contributed by atoms with E-state index in [1.165, 1.54) is 0 Å². The predicted molar refractivity (Wildman–Crippen MR) is 42.8 cm³/mol. The lowest BCUT2D eigenvalue weighted by molar-refractivity contribution is -0.137. The molecule has 1 heterocycles. The van der Waals surface area contributed by atoms with Crippen LogP contribution in [0.15, 0.2) is 12.3 Å². The van der Waals surface area contributed by atoms with Gasteiger partial charge in [0, 0.05) is 6.20 Å². The molecule has 0 aliphatic carbocycles. The Morgan fingerprint density at radius 3 is 2.53 bits per heavy atom. The molecule has 0 saturated carbocycles. The minimum atomic E-state index is -4.62. The number of aromatic carboxylic acids is 1. The number of halogens is 3. The number of ether oxygens (including phenoxy) is 1. The summed E-state index contributed by atoms with van der Waals surface area (Å²) < 4.78 is 41.1. The molecule has 82 valence electrons. The van der Waals surface area contributed by atoms with Gasteiger partial charge in [0.2, 0.25) is 5.88 Å². The van der Waals surface area contributed by atoms with Gasteiger partial charge in [0.05, 0.1) is 12.7 Å². The van der Waals surface area contributed by atoms with Crippen LogP contribution in [0.2, 0.25) is 0 Å². The standard InChI is InChI=1S/C8H6F3NO3/c1-15-6-5(7(13)14)2-4(3-12-6)8(9,10)11/h2-3H,1H3,(H,13,14). The highest BCUT2D eigenvalue weighted by molar-refractivity contribution is 5.90. The van der Waals surface area contributed by atoms with E-state index in [2.05, 4.69) is 9.72 Å². The van der Waals surface area contributed by atoms with E-state index < -0.39 is 23.3 Å². The molecular weight excluding hydrogens is 215 g/mol. The average molecular weight is 221 g/mol. The van der Waals surface area contributed by atoms with Crippen LogP contribution in [0.3, 0.4) is 0 Å². The topological polar surface area (TPSA) is 59.4 Å². The van der Waals surface area contributed by atoms with Crippen LogP contribution in [0, 0.1) is 0 Å². The summed E-state index contributed by atoms with van der Waals surface area (Å²) in [6.07, 6.45) is -4.10. The Morgan fingerprint density at radius 2 is 2.13 bits per heavy atom. The van der Waals surface area contributed by atoms with E-state index in [-0.39, 0.29) is 5.88 Å². The molecule has 0 amide bonds. The third kappa shape index (κ3) is 2.36. The van der Waals surface area contributed by atoms with Crippen molar-refractivity contribution in [3.8, 4) is 5.88 Å². The maximum absolute atomic E-state index is 12.2. The number of aromatic nitrogens is 1. The second-order valence-electron chi connectivity index (χ2n) is 2.58. The van der Waals surface area contributed by atoms with E-state index in [0.717, 1.165) is 7.11 Å². The minimum Gasteiger partial charge on any atom is -0.480 e. The Balaban J connectivity index is 3.28. The largest absolute Gasteiger partial charge is 0.480 e. The molecule has 0 saturated heterocycles. The summed E-state index contributed by atoms with van der Waals surface area (Å²) in [6, 6.07) is 0.480. The molecule has 0 fully saturated rings. The maximum atomic E-state index is 12.2. The normalized spacial score (nSPS) is 11.2. The molecule has 15 heavy (non-hydrogen) atoms. The monoisotopic (exact) mass is 221 g/mol. The second-order valence-corrected chi connectivity index (χ2v) is 2.58. The van der Waals surface area contributed by atoms with E-state index in [1.807, 2.05) is 0 Å². The summed E-state index contributed by atoms with van der Waals surface area (Å²) in [5.41, 5.74) is -1.74. The van der Waals surface area contributed by atoms with Crippen molar-refractivity contribution in [3.63, 3.8) is 0 Å². The fourth-order valence-corrected chi connectivity index (χ4v) is 0.923. The van der Waals surface area contributed by atoms with Crippen LogP contribution in [0.5, 0.6) is 5.88 Å². The van der Waals surface area contributed by atoms with Gasteiger partial charge in [-0.05, 0) is 6.07 Å². The van der Waals surface area contributed by atoms with Gasteiger partial charge in [-0.15, -0.1) is 0 Å². The second kappa shape index (κ2) is 3.76. The number of methoxy groups -OCH3 is 1. The van der Waals surface area contributed by atoms with Gasteiger partial charge >= 0.3 is 12.1 Å². The van der Waals surface area contributed by atoms with Crippen molar-refractivity contribution in [2.24, 2.45) is 0 Å². The quantitative estimate of drug-likeness (QED) is 0.827. The van der Waals surface area contributed by atoms with Crippen molar-refractivity contribution in [3.05, 3.63) is 23.4 Å². The number of rotatable bonds is 2. The Kier molecular flexibility index (Phi) is 2.83. The molecule has 1 aromatic heterocycles. The Labute approximate surface area is 82.3 Å². The summed E-state index contributed by atoms with van der Waals surface area (Å²) in [5, 5.41) is 8.60. The number of hydrogen-bond donors (Lipinski definition) is 1. The smallest absolute Gasteiger partial charge is 0.417 e. The number of carboxylic acids is 1. The number of carboxylic acid groups (broad SMARTS) is 1. The SMILES string of the molecule is COc1ncc(C(F)(F)F)cc1C(=O)O. The molecule has 0 unspecified atom stereocenters. The van der Waals surface area contributed by atoms with E-state index >= 15 is 0 Å². The molecule has 0 radical (unpaired) electrons. The van der Waals surface area contributed by atoms with Crippen molar-refractivity contribution < 1.29 is 27.8 Å². The van der Waals surface area contributed by atoms with E-state index in [1.54, 1.807) is 0 Å². The first-order valence-electron chi connectivity index (χ1n) is 3.70. The number of pyridine rings is 1. The molecule has 0 bridgehead atoms. The maximum Gasteiger partial charge on any atom is 0.417 e. The van der Waals surface area contributed by atoms with Gasteiger partial charge in [-0.1, -0.05) is 0 Å². The molecular formula is C8H6F3NO3. The van der Waals surface area contributed by atoms with Gasteiger partial charge in [0.1, 0.15) is 5.56 Å². The highest BCUT2D eigenvalue weighted by atomic mass is 19.4. The zero-order valence-electron chi connectivity index (χ0n) is 7.50. The minimum absolute atomic E-state index is 0.351. The lowest BCUT2D eigenvalue weighted by Crippen LogP contribution is -2.10. The van der Waals surface area contributed by atoms with E-state index in [4.69, 9.17) is 5.11 Å². The first-order valence-corrected chi connectivity index (χ1v) is 3.70. The van der Waals surface area contributed by atoms with Crippen molar-refractivity contribution in [1.82, 2.24) is 4.98 Å². The predicted octanol–water partition coefficient (Wildman–Crippen LogP) is 1.81. The highest BCUT2D eigenvalue weighted by Gasteiger charge is 2.32. The molecule has 0 spiro atoms. The fraction of sp³-hybridized carbons (Fsp3) is 0.250. The Bertz CT molecular complexity index is 389. The van der Waals surface area contributed by atoms with Crippen molar-refractivity contribution >= 4 is 5.97 Å². The molecule has 1 N–H and O–H groups in total. The Hall–Kier alpha value is -1.79. The van der Waals surface area contributed by atoms with Gasteiger partial charge in [-0.25, -0.2) is 9.78 Å². The molecule has 0 aromatic carbocycles. The van der Waals surface area contributed by atoms with Crippen molar-refractivity contribution in [1.29, 1.82) is 0 Å². The van der Waals surface area contributed by atoms with Crippen LogP contribution in [-0.4, -0.2) is 23.2 Å². The van der Waals surface area contributed by atoms with Gasteiger partial charge in [-0.3, -0.25) is 0 Å². The summed E-state index contributed by atoms with van der Waals surface area (Å²) in [6.45, 7) is 0. The number of nitrogens with zero attached hydrogens (tertiary/aromatic N) is 1.